The fourth-order valence-electron chi connectivity index (χ4n) is 3.23. The van der Waals surface area contributed by atoms with Crippen LogP contribution >= 0.6 is 0 Å². The summed E-state index contributed by atoms with van der Waals surface area (Å²) in [5, 5.41) is 1.63. The van der Waals surface area contributed by atoms with Gasteiger partial charge in [0.1, 0.15) is 23.5 Å². The highest BCUT2D eigenvalue weighted by Gasteiger charge is 2.46. The molecule has 1 aliphatic rings. The van der Waals surface area contributed by atoms with E-state index in [-0.39, 0.29) is 5.60 Å². The standard InChI is InChI=1S/C21H22O5/c1-13(4-6-18-21(2,3)26-18)8-10-24-20-14-5-7-19(22)25-17(14)12-16-15(20)9-11-23-16/h5,7-9,11-12,18H,4,6,10H2,1-3H3/t18-/m1/s1. The molecule has 1 aromatic carbocycles. The molecule has 0 amide bonds. The number of allylic oxidation sites excluding steroid dienone is 1. The molecule has 0 saturated carbocycles. The van der Waals surface area contributed by atoms with E-state index < -0.39 is 5.63 Å². The highest BCUT2D eigenvalue weighted by Crippen LogP contribution is 2.39. The highest BCUT2D eigenvalue weighted by atomic mass is 16.6. The number of fused-ring (bicyclic) bond motifs is 2. The van der Waals surface area contributed by atoms with Gasteiger partial charge in [0.15, 0.2) is 0 Å². The third-order valence-corrected chi connectivity index (χ3v) is 4.93. The van der Waals surface area contributed by atoms with Crippen molar-refractivity contribution in [2.75, 3.05) is 6.61 Å². The number of hydrogen-bond acceptors (Lipinski definition) is 5. The first-order valence-electron chi connectivity index (χ1n) is 8.84. The van der Waals surface area contributed by atoms with Crippen molar-refractivity contribution in [3.05, 3.63) is 52.6 Å². The molecule has 0 bridgehead atoms. The third kappa shape index (κ3) is 3.27. The minimum atomic E-state index is -0.393. The lowest BCUT2D eigenvalue weighted by atomic mass is 10.0. The lowest BCUT2D eigenvalue weighted by Gasteiger charge is -2.09. The van der Waals surface area contributed by atoms with Crippen LogP contribution in [0, 0.1) is 0 Å². The molecular formula is C21H22O5. The van der Waals surface area contributed by atoms with Crippen molar-refractivity contribution < 1.29 is 18.3 Å². The zero-order valence-electron chi connectivity index (χ0n) is 15.2. The molecule has 5 nitrogen and oxygen atoms in total. The summed E-state index contributed by atoms with van der Waals surface area (Å²) in [5.74, 6) is 0.672. The van der Waals surface area contributed by atoms with E-state index in [4.69, 9.17) is 18.3 Å². The van der Waals surface area contributed by atoms with E-state index in [1.54, 1.807) is 18.4 Å². The second-order valence-electron chi connectivity index (χ2n) is 7.31. The molecule has 4 rings (SSSR count). The molecule has 3 heterocycles. The van der Waals surface area contributed by atoms with E-state index >= 15 is 0 Å². The van der Waals surface area contributed by atoms with E-state index in [2.05, 4.69) is 26.8 Å². The van der Waals surface area contributed by atoms with Crippen LogP contribution in [-0.4, -0.2) is 18.3 Å². The summed E-state index contributed by atoms with van der Waals surface area (Å²) in [6, 6.07) is 6.71. The number of hydrogen-bond donors (Lipinski definition) is 0. The number of ether oxygens (including phenoxy) is 2. The zero-order chi connectivity index (χ0) is 18.3. The van der Waals surface area contributed by atoms with E-state index in [0.29, 0.717) is 29.6 Å². The van der Waals surface area contributed by atoms with Crippen LogP contribution in [0.1, 0.15) is 33.6 Å². The Morgan fingerprint density at radius 1 is 1.23 bits per heavy atom. The maximum atomic E-state index is 11.5. The second kappa shape index (κ2) is 6.32. The monoisotopic (exact) mass is 354 g/mol. The van der Waals surface area contributed by atoms with E-state index in [1.807, 2.05) is 6.07 Å². The Balaban J connectivity index is 1.51. The first-order chi connectivity index (χ1) is 12.4. The van der Waals surface area contributed by atoms with Gasteiger partial charge in [0, 0.05) is 12.1 Å². The molecule has 1 saturated heterocycles. The van der Waals surface area contributed by atoms with Gasteiger partial charge in [0.25, 0.3) is 0 Å². The quantitative estimate of drug-likeness (QED) is 0.361. The van der Waals surface area contributed by atoms with Crippen LogP contribution in [0.5, 0.6) is 5.75 Å². The maximum absolute atomic E-state index is 11.5. The van der Waals surface area contributed by atoms with Crippen LogP contribution in [0.15, 0.2) is 55.8 Å². The van der Waals surface area contributed by atoms with Crippen LogP contribution in [0.2, 0.25) is 0 Å². The Labute approximate surface area is 151 Å². The smallest absolute Gasteiger partial charge is 0.336 e. The Morgan fingerprint density at radius 2 is 2.00 bits per heavy atom. The minimum absolute atomic E-state index is 0.0382. The Morgan fingerprint density at radius 3 is 2.77 bits per heavy atom. The molecule has 2 aromatic heterocycles. The molecule has 0 spiro atoms. The highest BCUT2D eigenvalue weighted by molar-refractivity contribution is 6.01. The zero-order valence-corrected chi connectivity index (χ0v) is 15.2. The summed E-state index contributed by atoms with van der Waals surface area (Å²) < 4.78 is 22.4. The summed E-state index contributed by atoms with van der Waals surface area (Å²) in [6.45, 7) is 6.79. The molecule has 1 aliphatic heterocycles. The summed E-state index contributed by atoms with van der Waals surface area (Å²) in [5.41, 5.74) is 2.01. The fourth-order valence-corrected chi connectivity index (χ4v) is 3.23. The summed E-state index contributed by atoms with van der Waals surface area (Å²) in [7, 11) is 0. The molecule has 1 fully saturated rings. The van der Waals surface area contributed by atoms with E-state index in [0.717, 1.165) is 23.6 Å². The maximum Gasteiger partial charge on any atom is 0.336 e. The number of epoxide rings is 1. The van der Waals surface area contributed by atoms with Crippen LogP contribution in [-0.2, 0) is 4.74 Å². The average molecular weight is 354 g/mol. The summed E-state index contributed by atoms with van der Waals surface area (Å²) >= 11 is 0. The van der Waals surface area contributed by atoms with Crippen LogP contribution in [0.4, 0.5) is 0 Å². The van der Waals surface area contributed by atoms with Crippen molar-refractivity contribution in [3.63, 3.8) is 0 Å². The van der Waals surface area contributed by atoms with Gasteiger partial charge < -0.3 is 18.3 Å². The third-order valence-electron chi connectivity index (χ3n) is 4.93. The van der Waals surface area contributed by atoms with Gasteiger partial charge in [-0.25, -0.2) is 4.79 Å². The normalized spacial score (nSPS) is 19.2. The molecule has 0 aliphatic carbocycles. The SMILES string of the molecule is CC(=CCOc1c2ccoc2cc2oc(=O)ccc12)CC[C@H]1OC1(C)C. The van der Waals surface area contributed by atoms with Crippen molar-refractivity contribution >= 4 is 21.9 Å². The van der Waals surface area contributed by atoms with Gasteiger partial charge in [-0.3, -0.25) is 0 Å². The molecule has 0 radical (unpaired) electrons. The lowest BCUT2D eigenvalue weighted by molar-refractivity contribution is 0.320. The molecule has 0 N–H and O–H groups in total. The van der Waals surface area contributed by atoms with E-state index in [1.165, 1.54) is 11.6 Å². The van der Waals surface area contributed by atoms with Crippen LogP contribution in [0.25, 0.3) is 21.9 Å². The first-order valence-corrected chi connectivity index (χ1v) is 8.84. The topological polar surface area (TPSA) is 65.1 Å². The van der Waals surface area contributed by atoms with Gasteiger partial charge in [-0.15, -0.1) is 0 Å². The van der Waals surface area contributed by atoms with Crippen molar-refractivity contribution in [2.45, 2.75) is 45.3 Å². The number of benzene rings is 1. The van der Waals surface area contributed by atoms with Gasteiger partial charge in [0.2, 0.25) is 0 Å². The van der Waals surface area contributed by atoms with Crippen molar-refractivity contribution in [2.24, 2.45) is 0 Å². The molecule has 0 unspecified atom stereocenters. The predicted octanol–water partition coefficient (Wildman–Crippen LogP) is 4.82. The second-order valence-corrected chi connectivity index (χ2v) is 7.31. The molecule has 5 heteroatoms. The predicted molar refractivity (Wildman–Crippen MR) is 99.7 cm³/mol. The van der Waals surface area contributed by atoms with Gasteiger partial charge >= 0.3 is 5.63 Å². The van der Waals surface area contributed by atoms with Gasteiger partial charge in [-0.05, 0) is 51.8 Å². The van der Waals surface area contributed by atoms with Gasteiger partial charge in [-0.2, -0.15) is 0 Å². The Kier molecular flexibility index (Phi) is 4.11. The van der Waals surface area contributed by atoms with Crippen LogP contribution < -0.4 is 10.4 Å². The molecule has 1 atom stereocenters. The average Bonchev–Trinajstić information content (AvgIpc) is 2.98. The summed E-state index contributed by atoms with van der Waals surface area (Å²) in [4.78, 5) is 11.5. The van der Waals surface area contributed by atoms with Crippen molar-refractivity contribution in [1.82, 2.24) is 0 Å². The largest absolute Gasteiger partial charge is 0.488 e. The molecule has 3 aromatic rings. The molecular weight excluding hydrogens is 332 g/mol. The lowest BCUT2D eigenvalue weighted by Crippen LogP contribution is -2.03. The van der Waals surface area contributed by atoms with Gasteiger partial charge in [-0.1, -0.05) is 5.57 Å². The Bertz CT molecular complexity index is 1040. The minimum Gasteiger partial charge on any atom is -0.488 e. The number of rotatable bonds is 6. The van der Waals surface area contributed by atoms with Crippen LogP contribution in [0.3, 0.4) is 0 Å². The molecule has 136 valence electrons. The number of furan rings is 1. The molecule has 26 heavy (non-hydrogen) atoms. The van der Waals surface area contributed by atoms with Crippen molar-refractivity contribution in [1.29, 1.82) is 0 Å². The van der Waals surface area contributed by atoms with E-state index in [9.17, 15) is 4.79 Å². The Hall–Kier alpha value is -2.53. The first kappa shape index (κ1) is 16.9. The van der Waals surface area contributed by atoms with Crippen molar-refractivity contribution in [3.8, 4) is 5.75 Å². The van der Waals surface area contributed by atoms with Gasteiger partial charge in [0.05, 0.1) is 28.7 Å². The summed E-state index contributed by atoms with van der Waals surface area (Å²) in [6.07, 6.45) is 6.06. The fraction of sp³-hybridized carbons (Fsp3) is 0.381.